The van der Waals surface area contributed by atoms with E-state index in [2.05, 4.69) is 48.2 Å². The van der Waals surface area contributed by atoms with Crippen LogP contribution in [0.3, 0.4) is 0 Å². The third kappa shape index (κ3) is 5.69. The molecule has 150 valence electrons. The smallest absolute Gasteiger partial charge is 0.264 e. The highest BCUT2D eigenvalue weighted by atomic mass is 35.5. The van der Waals surface area contributed by atoms with Gasteiger partial charge in [0.2, 0.25) is 0 Å². The number of ether oxygens (including phenoxy) is 1. The zero-order chi connectivity index (χ0) is 20.1. The van der Waals surface area contributed by atoms with Gasteiger partial charge in [0.1, 0.15) is 5.75 Å². The molecule has 1 aliphatic rings. The number of hydrogen-bond acceptors (Lipinski definition) is 3. The third-order valence-corrected chi connectivity index (χ3v) is 6.12. The van der Waals surface area contributed by atoms with Crippen LogP contribution in [0.2, 0.25) is 5.02 Å². The highest BCUT2D eigenvalue weighted by Gasteiger charge is 2.26. The molecule has 0 atom stereocenters. The first kappa shape index (κ1) is 21.1. The lowest BCUT2D eigenvalue weighted by atomic mass is 9.81. The van der Waals surface area contributed by atoms with Crippen LogP contribution in [0.5, 0.6) is 5.75 Å². The Morgan fingerprint density at radius 3 is 2.14 bits per heavy atom. The van der Waals surface area contributed by atoms with E-state index in [0.29, 0.717) is 22.2 Å². The van der Waals surface area contributed by atoms with E-state index in [4.69, 9.17) is 28.6 Å². The Hall–Kier alpha value is -1.62. The van der Waals surface area contributed by atoms with Gasteiger partial charge in [-0.05, 0) is 93.3 Å². The normalized spacial score (nSPS) is 19.5. The van der Waals surface area contributed by atoms with Crippen LogP contribution in [0.25, 0.3) is 0 Å². The summed E-state index contributed by atoms with van der Waals surface area (Å²) in [5.74, 6) is 1.37. The van der Waals surface area contributed by atoms with E-state index in [1.807, 2.05) is 31.3 Å². The van der Waals surface area contributed by atoms with Crippen LogP contribution >= 0.6 is 23.8 Å². The van der Waals surface area contributed by atoms with Gasteiger partial charge in [0, 0.05) is 24.7 Å². The zero-order valence-electron chi connectivity index (χ0n) is 16.9. The van der Waals surface area contributed by atoms with Gasteiger partial charge in [-0.1, -0.05) is 35.9 Å². The lowest BCUT2D eigenvalue weighted by molar-refractivity contribution is 0.239. The molecule has 1 aliphatic carbocycles. The van der Waals surface area contributed by atoms with Crippen molar-refractivity contribution < 1.29 is 4.74 Å². The monoisotopic (exact) mass is 416 g/mol. The summed E-state index contributed by atoms with van der Waals surface area (Å²) in [5, 5.41) is 1.22. The molecule has 1 fully saturated rings. The van der Waals surface area contributed by atoms with Gasteiger partial charge in [-0.25, -0.2) is 0 Å². The van der Waals surface area contributed by atoms with Crippen molar-refractivity contribution in [3.05, 3.63) is 64.7 Å². The molecule has 2 aromatic carbocycles. The van der Waals surface area contributed by atoms with Gasteiger partial charge in [0.05, 0.1) is 0 Å². The number of halogens is 1. The topological polar surface area (TPSA) is 15.7 Å². The minimum absolute atomic E-state index is 0.434. The molecule has 2 aromatic rings. The maximum Gasteiger partial charge on any atom is 0.264 e. The molecule has 0 heterocycles. The van der Waals surface area contributed by atoms with Crippen molar-refractivity contribution in [3.63, 3.8) is 0 Å². The number of rotatable bonds is 5. The molecule has 0 aliphatic heterocycles. The molecule has 0 aromatic heterocycles. The lowest BCUT2D eigenvalue weighted by Crippen LogP contribution is -2.40. The van der Waals surface area contributed by atoms with Crippen LogP contribution in [0.4, 0.5) is 0 Å². The van der Waals surface area contributed by atoms with Crippen molar-refractivity contribution in [2.24, 2.45) is 0 Å². The summed E-state index contributed by atoms with van der Waals surface area (Å²) in [4.78, 5) is 4.31. The minimum Gasteiger partial charge on any atom is -0.432 e. The van der Waals surface area contributed by atoms with Crippen LogP contribution in [0.15, 0.2) is 48.5 Å². The summed E-state index contributed by atoms with van der Waals surface area (Å²) in [6, 6.07) is 16.9. The molecule has 1 saturated carbocycles. The van der Waals surface area contributed by atoms with Crippen molar-refractivity contribution in [2.45, 2.75) is 44.2 Å². The first-order valence-corrected chi connectivity index (χ1v) is 10.6. The van der Waals surface area contributed by atoms with Crippen LogP contribution < -0.4 is 4.74 Å². The SMILES string of the molecule is CN(C)Cc1ccc([C@H]2CC[C@H](N(C)C(=S)Oc3ccc(Cl)cc3)CC2)cc1. The van der Waals surface area contributed by atoms with Crippen LogP contribution in [0.1, 0.15) is 42.7 Å². The third-order valence-electron chi connectivity index (χ3n) is 5.50. The largest absolute Gasteiger partial charge is 0.432 e. The van der Waals surface area contributed by atoms with E-state index in [1.54, 1.807) is 0 Å². The van der Waals surface area contributed by atoms with Crippen LogP contribution in [-0.4, -0.2) is 42.2 Å². The second kappa shape index (κ2) is 9.73. The Bertz CT molecular complexity index is 768. The van der Waals surface area contributed by atoms with Crippen molar-refractivity contribution >= 4 is 29.0 Å². The Kier molecular flexibility index (Phi) is 7.33. The Morgan fingerprint density at radius 1 is 0.964 bits per heavy atom. The Morgan fingerprint density at radius 2 is 1.57 bits per heavy atom. The standard InChI is InChI=1S/C23H29ClN2OS/c1-25(2)16-17-4-6-18(7-5-17)19-8-12-21(13-9-19)26(3)23(28)27-22-14-10-20(24)11-15-22/h4-7,10-11,14-15,19,21H,8-9,12-13,16H2,1-3H3/t19-,21-. The van der Waals surface area contributed by atoms with Gasteiger partial charge in [-0.15, -0.1) is 0 Å². The molecule has 0 N–H and O–H groups in total. The predicted octanol–water partition coefficient (Wildman–Crippen LogP) is 5.72. The van der Waals surface area contributed by atoms with Crippen molar-refractivity contribution in [3.8, 4) is 5.75 Å². The highest BCUT2D eigenvalue weighted by molar-refractivity contribution is 7.80. The molecule has 0 bridgehead atoms. The quantitative estimate of drug-likeness (QED) is 0.578. The fourth-order valence-electron chi connectivity index (χ4n) is 3.88. The predicted molar refractivity (Wildman–Crippen MR) is 121 cm³/mol. The summed E-state index contributed by atoms with van der Waals surface area (Å²) in [5.41, 5.74) is 2.83. The van der Waals surface area contributed by atoms with E-state index in [9.17, 15) is 0 Å². The molecular formula is C23H29ClN2OS. The molecular weight excluding hydrogens is 388 g/mol. The summed E-state index contributed by atoms with van der Waals surface area (Å²) in [7, 11) is 6.25. The van der Waals surface area contributed by atoms with Crippen LogP contribution in [0, 0.1) is 0 Å². The molecule has 3 rings (SSSR count). The molecule has 5 heteroatoms. The molecule has 3 nitrogen and oxygen atoms in total. The van der Waals surface area contributed by atoms with E-state index in [-0.39, 0.29) is 0 Å². The molecule has 0 spiro atoms. The van der Waals surface area contributed by atoms with Gasteiger partial charge in [-0.3, -0.25) is 0 Å². The number of benzene rings is 2. The van der Waals surface area contributed by atoms with Crippen molar-refractivity contribution in [2.75, 3.05) is 21.1 Å². The number of thiocarbonyl (C=S) groups is 1. The average molecular weight is 417 g/mol. The minimum atomic E-state index is 0.434. The summed E-state index contributed by atoms with van der Waals surface area (Å²) < 4.78 is 5.84. The van der Waals surface area contributed by atoms with Gasteiger partial charge in [0.15, 0.2) is 0 Å². The first-order valence-electron chi connectivity index (χ1n) is 9.86. The van der Waals surface area contributed by atoms with Crippen molar-refractivity contribution in [1.82, 2.24) is 9.80 Å². The Labute approximate surface area is 179 Å². The molecule has 0 amide bonds. The van der Waals surface area contributed by atoms with Gasteiger partial charge in [-0.2, -0.15) is 0 Å². The summed E-state index contributed by atoms with van der Waals surface area (Å²) in [6.07, 6.45) is 4.63. The van der Waals surface area contributed by atoms with E-state index < -0.39 is 0 Å². The number of nitrogens with zero attached hydrogens (tertiary/aromatic N) is 2. The maximum atomic E-state index is 5.93. The molecule has 28 heavy (non-hydrogen) atoms. The fourth-order valence-corrected chi connectivity index (χ4v) is 4.25. The number of hydrogen-bond donors (Lipinski definition) is 0. The first-order chi connectivity index (χ1) is 13.4. The maximum absolute atomic E-state index is 5.93. The van der Waals surface area contributed by atoms with Gasteiger partial charge >= 0.3 is 0 Å². The van der Waals surface area contributed by atoms with E-state index in [1.165, 1.54) is 24.0 Å². The van der Waals surface area contributed by atoms with E-state index >= 15 is 0 Å². The lowest BCUT2D eigenvalue weighted by Gasteiger charge is -2.35. The molecule has 0 saturated heterocycles. The average Bonchev–Trinajstić information content (AvgIpc) is 2.69. The second-order valence-corrected chi connectivity index (χ2v) is 8.70. The van der Waals surface area contributed by atoms with Crippen molar-refractivity contribution in [1.29, 1.82) is 0 Å². The van der Waals surface area contributed by atoms with E-state index in [0.717, 1.165) is 25.1 Å². The Balaban J connectivity index is 1.51. The molecule has 0 radical (unpaired) electrons. The zero-order valence-corrected chi connectivity index (χ0v) is 18.5. The van der Waals surface area contributed by atoms with Gasteiger partial charge in [0.25, 0.3) is 5.17 Å². The summed E-state index contributed by atoms with van der Waals surface area (Å²) in [6.45, 7) is 0.989. The summed E-state index contributed by atoms with van der Waals surface area (Å²) >= 11 is 11.4. The highest BCUT2D eigenvalue weighted by Crippen LogP contribution is 2.35. The molecule has 0 unspecified atom stereocenters. The second-order valence-electron chi connectivity index (χ2n) is 7.92. The van der Waals surface area contributed by atoms with Gasteiger partial charge < -0.3 is 14.5 Å². The van der Waals surface area contributed by atoms with Crippen LogP contribution in [-0.2, 0) is 6.54 Å². The fraction of sp³-hybridized carbons (Fsp3) is 0.435.